The Morgan fingerprint density at radius 3 is 1.71 bits per heavy atom. The first-order valence-electron chi connectivity index (χ1n) is 5.76. The number of ether oxygens (including phenoxy) is 1. The molecule has 0 aliphatic rings. The van der Waals surface area contributed by atoms with Gasteiger partial charge in [-0.25, -0.2) is 0 Å². The zero-order valence-corrected chi connectivity index (χ0v) is 14.8. The number of hydrogen-bond acceptors (Lipinski definition) is 5. The number of nitrogens with zero attached hydrogens (tertiary/aromatic N) is 2. The van der Waals surface area contributed by atoms with Gasteiger partial charge in [0.2, 0.25) is 0 Å². The molecule has 0 saturated heterocycles. The second-order valence-corrected chi connectivity index (χ2v) is 6.19. The summed E-state index contributed by atoms with van der Waals surface area (Å²) in [7, 11) is 0. The summed E-state index contributed by atoms with van der Waals surface area (Å²) in [4.78, 5) is 20.3. The Morgan fingerprint density at radius 1 is 0.750 bits per heavy atom. The van der Waals surface area contributed by atoms with Crippen molar-refractivity contribution in [3.8, 4) is 11.5 Å². The maximum Gasteiger partial charge on any atom is 0.310 e. The van der Waals surface area contributed by atoms with Crippen molar-refractivity contribution in [1.82, 2.24) is 0 Å². The quantitative estimate of drug-likeness (QED) is 0.402. The fraction of sp³-hybridized carbons (Fsp3) is 0. The highest BCUT2D eigenvalue weighted by Gasteiger charge is 2.27. The molecular weight excluding hydrogens is 429 g/mol. The predicted molar refractivity (Wildman–Crippen MR) is 91.3 cm³/mol. The molecule has 126 valence electrons. The van der Waals surface area contributed by atoms with Gasteiger partial charge in [-0.05, 0) is 6.07 Å². The van der Waals surface area contributed by atoms with Gasteiger partial charge in [0.25, 0.3) is 5.69 Å². The lowest BCUT2D eigenvalue weighted by atomic mass is 10.2. The van der Waals surface area contributed by atoms with E-state index in [-0.39, 0.29) is 37.3 Å². The molecular formula is C12H3Cl5N2O5. The van der Waals surface area contributed by atoms with Gasteiger partial charge < -0.3 is 4.74 Å². The SMILES string of the molecule is O=[N+]([O-])c1cc(Cl)c(Oc2c(Cl)cc(Cl)c([N+](=O)[O-])c2Cl)c(Cl)c1. The van der Waals surface area contributed by atoms with Crippen LogP contribution >= 0.6 is 58.0 Å². The Kier molecular flexibility index (Phi) is 5.62. The van der Waals surface area contributed by atoms with Crippen LogP contribution in [0, 0.1) is 20.2 Å². The number of nitro benzene ring substituents is 2. The smallest absolute Gasteiger partial charge is 0.310 e. The Hall–Kier alpha value is -1.51. The first-order chi connectivity index (χ1) is 11.1. The molecule has 0 heterocycles. The topological polar surface area (TPSA) is 95.5 Å². The Bertz CT molecular complexity index is 850. The lowest BCUT2D eigenvalue weighted by Crippen LogP contribution is -1.96. The molecule has 0 unspecified atom stereocenters. The molecule has 0 aliphatic heterocycles. The molecule has 0 fully saturated rings. The van der Waals surface area contributed by atoms with Gasteiger partial charge in [-0.15, -0.1) is 0 Å². The summed E-state index contributed by atoms with van der Waals surface area (Å²) in [6.07, 6.45) is 0. The van der Waals surface area contributed by atoms with Crippen molar-refractivity contribution < 1.29 is 14.6 Å². The van der Waals surface area contributed by atoms with Crippen LogP contribution in [0.1, 0.15) is 0 Å². The summed E-state index contributed by atoms with van der Waals surface area (Å²) in [5.74, 6) is -0.517. The third-order valence-electron chi connectivity index (χ3n) is 2.68. The lowest BCUT2D eigenvalue weighted by Gasteiger charge is -2.13. The van der Waals surface area contributed by atoms with Crippen LogP contribution in [0.15, 0.2) is 18.2 Å². The number of nitro groups is 2. The zero-order chi connectivity index (χ0) is 18.2. The van der Waals surface area contributed by atoms with Gasteiger partial charge in [0.1, 0.15) is 5.02 Å². The van der Waals surface area contributed by atoms with Gasteiger partial charge in [-0.1, -0.05) is 58.0 Å². The van der Waals surface area contributed by atoms with Crippen LogP contribution in [-0.2, 0) is 0 Å². The van der Waals surface area contributed by atoms with Gasteiger partial charge in [0.15, 0.2) is 16.5 Å². The summed E-state index contributed by atoms with van der Waals surface area (Å²) in [5.41, 5.74) is -0.983. The molecule has 0 bridgehead atoms. The summed E-state index contributed by atoms with van der Waals surface area (Å²) in [5, 5.41) is 20.5. The normalized spacial score (nSPS) is 10.5. The van der Waals surface area contributed by atoms with Crippen molar-refractivity contribution in [1.29, 1.82) is 0 Å². The fourth-order valence-electron chi connectivity index (χ4n) is 1.67. The van der Waals surface area contributed by atoms with E-state index < -0.39 is 20.6 Å². The van der Waals surface area contributed by atoms with E-state index in [9.17, 15) is 20.2 Å². The van der Waals surface area contributed by atoms with E-state index >= 15 is 0 Å². The molecule has 0 spiro atoms. The standard InChI is InChI=1S/C12H3Cl5N2O5/c13-5-3-8(16)12(9(17)10(5)19(22)23)24-11-6(14)1-4(18(20)21)2-7(11)15/h1-3H. The average Bonchev–Trinajstić information content (AvgIpc) is 2.44. The minimum Gasteiger partial charge on any atom is -0.451 e. The molecule has 0 aromatic heterocycles. The average molecular weight is 432 g/mol. The van der Waals surface area contributed by atoms with Crippen molar-refractivity contribution in [2.45, 2.75) is 0 Å². The maximum atomic E-state index is 11.0. The molecule has 0 amide bonds. The zero-order valence-electron chi connectivity index (χ0n) is 11.1. The number of halogens is 5. The maximum absolute atomic E-state index is 11.0. The Balaban J connectivity index is 2.59. The van der Waals surface area contributed by atoms with E-state index in [0.717, 1.165) is 18.2 Å². The minimum absolute atomic E-state index is 0.138. The van der Waals surface area contributed by atoms with Crippen LogP contribution in [0.25, 0.3) is 0 Å². The van der Waals surface area contributed by atoms with Crippen molar-refractivity contribution in [2.75, 3.05) is 0 Å². The van der Waals surface area contributed by atoms with Gasteiger partial charge in [0, 0.05) is 12.1 Å². The van der Waals surface area contributed by atoms with Gasteiger partial charge in [-0.3, -0.25) is 20.2 Å². The molecule has 2 aromatic rings. The minimum atomic E-state index is -0.813. The van der Waals surface area contributed by atoms with Crippen LogP contribution in [0.2, 0.25) is 25.1 Å². The highest BCUT2D eigenvalue weighted by Crippen LogP contribution is 2.48. The lowest BCUT2D eigenvalue weighted by molar-refractivity contribution is -0.385. The predicted octanol–water partition coefficient (Wildman–Crippen LogP) is 6.56. The highest BCUT2D eigenvalue weighted by atomic mass is 35.5. The highest BCUT2D eigenvalue weighted by molar-refractivity contribution is 6.43. The van der Waals surface area contributed by atoms with Crippen LogP contribution < -0.4 is 4.74 Å². The molecule has 0 saturated carbocycles. The summed E-state index contributed by atoms with van der Waals surface area (Å²) >= 11 is 29.4. The second-order valence-electron chi connectivity index (χ2n) is 4.19. The summed E-state index contributed by atoms with van der Waals surface area (Å²) in [6.45, 7) is 0. The molecule has 12 heteroatoms. The molecule has 7 nitrogen and oxygen atoms in total. The van der Waals surface area contributed by atoms with Crippen LogP contribution in [0.4, 0.5) is 11.4 Å². The van der Waals surface area contributed by atoms with Gasteiger partial charge in [0.05, 0.1) is 24.9 Å². The fourth-order valence-corrected chi connectivity index (χ4v) is 3.21. The second kappa shape index (κ2) is 7.16. The van der Waals surface area contributed by atoms with E-state index in [4.69, 9.17) is 62.7 Å². The van der Waals surface area contributed by atoms with Gasteiger partial charge >= 0.3 is 5.69 Å². The largest absolute Gasteiger partial charge is 0.451 e. The van der Waals surface area contributed by atoms with E-state index in [2.05, 4.69) is 0 Å². The summed E-state index contributed by atoms with van der Waals surface area (Å²) < 4.78 is 5.37. The van der Waals surface area contributed by atoms with E-state index in [1.807, 2.05) is 0 Å². The monoisotopic (exact) mass is 430 g/mol. The number of benzene rings is 2. The van der Waals surface area contributed by atoms with E-state index in [0.29, 0.717) is 0 Å². The van der Waals surface area contributed by atoms with Crippen molar-refractivity contribution in [3.05, 3.63) is 63.5 Å². The van der Waals surface area contributed by atoms with Crippen LogP contribution in [-0.4, -0.2) is 9.85 Å². The first kappa shape index (κ1) is 18.8. The first-order valence-corrected chi connectivity index (χ1v) is 7.65. The third-order valence-corrected chi connectivity index (χ3v) is 4.17. The summed E-state index contributed by atoms with van der Waals surface area (Å²) in [6, 6.07) is 3.06. The van der Waals surface area contributed by atoms with Crippen molar-refractivity contribution in [3.63, 3.8) is 0 Å². The molecule has 0 N–H and O–H groups in total. The molecule has 0 radical (unpaired) electrons. The Morgan fingerprint density at radius 2 is 1.25 bits per heavy atom. The van der Waals surface area contributed by atoms with Crippen LogP contribution in [0.5, 0.6) is 11.5 Å². The number of rotatable bonds is 4. The van der Waals surface area contributed by atoms with Gasteiger partial charge in [-0.2, -0.15) is 0 Å². The number of hydrogen-bond donors (Lipinski definition) is 0. The Labute approximate surface area is 158 Å². The molecule has 2 aromatic carbocycles. The van der Waals surface area contributed by atoms with Crippen molar-refractivity contribution >= 4 is 69.4 Å². The molecule has 24 heavy (non-hydrogen) atoms. The molecule has 0 aliphatic carbocycles. The van der Waals surface area contributed by atoms with Crippen molar-refractivity contribution in [2.24, 2.45) is 0 Å². The molecule has 0 atom stereocenters. The third kappa shape index (κ3) is 3.60. The van der Waals surface area contributed by atoms with E-state index in [1.165, 1.54) is 0 Å². The van der Waals surface area contributed by atoms with Crippen LogP contribution in [0.3, 0.4) is 0 Å². The van der Waals surface area contributed by atoms with E-state index in [1.54, 1.807) is 0 Å². The molecule has 2 rings (SSSR count). The number of non-ortho nitro benzene ring substituents is 1.